The van der Waals surface area contributed by atoms with Crippen LogP contribution in [0, 0.1) is 27.7 Å². The summed E-state index contributed by atoms with van der Waals surface area (Å²) in [6.45, 7) is 9.99. The summed E-state index contributed by atoms with van der Waals surface area (Å²) in [6, 6.07) is 11.6. The number of hydrogen-bond donors (Lipinski definition) is 1. The highest BCUT2D eigenvalue weighted by Crippen LogP contribution is 2.21. The van der Waals surface area contributed by atoms with Gasteiger partial charge in [-0.15, -0.1) is 0 Å². The second-order valence-electron chi connectivity index (χ2n) is 6.99. The highest BCUT2D eigenvalue weighted by molar-refractivity contribution is 7.89. The van der Waals surface area contributed by atoms with Gasteiger partial charge in [-0.05, 0) is 49.9 Å². The zero-order valence-electron chi connectivity index (χ0n) is 16.7. The Morgan fingerprint density at radius 2 is 1.59 bits per heavy atom. The Bertz CT molecular complexity index is 913. The number of aryl methyl sites for hydroxylation is 4. The number of carbonyl (C=O) groups is 1. The van der Waals surface area contributed by atoms with E-state index in [1.54, 1.807) is 18.7 Å². The van der Waals surface area contributed by atoms with Crippen molar-refractivity contribution in [3.05, 3.63) is 64.2 Å². The number of rotatable bonds is 7. The quantitative estimate of drug-likeness (QED) is 0.792. The number of carbonyl (C=O) groups excluding carboxylic acids is 1. The van der Waals surface area contributed by atoms with Crippen LogP contribution in [-0.4, -0.2) is 32.3 Å². The first kappa shape index (κ1) is 21.1. The van der Waals surface area contributed by atoms with Gasteiger partial charge in [0.25, 0.3) is 0 Å². The van der Waals surface area contributed by atoms with Crippen molar-refractivity contribution < 1.29 is 13.2 Å². The van der Waals surface area contributed by atoms with Crippen molar-refractivity contribution in [1.29, 1.82) is 0 Å². The minimum absolute atomic E-state index is 0.0832. The summed E-state index contributed by atoms with van der Waals surface area (Å²) in [6.07, 6.45) is 0. The number of amides is 1. The summed E-state index contributed by atoms with van der Waals surface area (Å²) >= 11 is 0. The fraction of sp³-hybridized carbons (Fsp3) is 0.381. The normalized spacial score (nSPS) is 11.4. The van der Waals surface area contributed by atoms with E-state index in [0.29, 0.717) is 18.0 Å². The third-order valence-electron chi connectivity index (χ3n) is 4.61. The van der Waals surface area contributed by atoms with Gasteiger partial charge in [-0.1, -0.05) is 42.0 Å². The van der Waals surface area contributed by atoms with Crippen molar-refractivity contribution in [2.24, 2.45) is 0 Å². The van der Waals surface area contributed by atoms with Crippen molar-refractivity contribution in [1.82, 2.24) is 9.62 Å². The minimum Gasteiger partial charge on any atom is -0.337 e. The van der Waals surface area contributed by atoms with Crippen LogP contribution in [0.4, 0.5) is 0 Å². The molecule has 0 saturated carbocycles. The maximum Gasteiger partial charge on any atom is 0.241 e. The van der Waals surface area contributed by atoms with Crippen LogP contribution in [0.1, 0.15) is 34.7 Å². The van der Waals surface area contributed by atoms with Crippen LogP contribution in [0.3, 0.4) is 0 Å². The predicted molar refractivity (Wildman–Crippen MR) is 108 cm³/mol. The minimum atomic E-state index is -3.63. The Hall–Kier alpha value is -2.18. The molecule has 0 atom stereocenters. The Labute approximate surface area is 162 Å². The summed E-state index contributed by atoms with van der Waals surface area (Å²) < 4.78 is 28.1. The number of nitrogens with one attached hydrogen (secondary N) is 1. The molecule has 6 heteroatoms. The number of nitrogens with zero attached hydrogens (tertiary/aromatic N) is 1. The van der Waals surface area contributed by atoms with Crippen molar-refractivity contribution in [2.75, 3.05) is 13.1 Å². The van der Waals surface area contributed by atoms with Crippen LogP contribution < -0.4 is 4.72 Å². The molecule has 0 spiro atoms. The highest BCUT2D eigenvalue weighted by Gasteiger charge is 2.20. The van der Waals surface area contributed by atoms with Gasteiger partial charge in [0.15, 0.2) is 0 Å². The monoisotopic (exact) mass is 388 g/mol. The predicted octanol–water partition coefficient (Wildman–Crippen LogP) is 3.25. The zero-order valence-corrected chi connectivity index (χ0v) is 17.5. The standard InChI is InChI=1S/C21H28N2O3S/c1-15-12-17(3)21(18(4)13-15)27(25,26)22-10-11-23(19(5)24)14-20-9-7-6-8-16(20)2/h6-9,12-13,22H,10-11,14H2,1-5H3. The molecule has 27 heavy (non-hydrogen) atoms. The Kier molecular flexibility index (Phi) is 6.78. The van der Waals surface area contributed by atoms with Gasteiger partial charge in [0.2, 0.25) is 15.9 Å². The molecule has 0 unspecified atom stereocenters. The fourth-order valence-electron chi connectivity index (χ4n) is 3.32. The van der Waals surface area contributed by atoms with Gasteiger partial charge < -0.3 is 4.90 Å². The molecule has 1 amide bonds. The molecule has 5 nitrogen and oxygen atoms in total. The van der Waals surface area contributed by atoms with E-state index in [1.165, 1.54) is 6.92 Å². The molecular weight excluding hydrogens is 360 g/mol. The second kappa shape index (κ2) is 8.67. The van der Waals surface area contributed by atoms with E-state index in [2.05, 4.69) is 4.72 Å². The number of hydrogen-bond acceptors (Lipinski definition) is 3. The molecule has 0 aliphatic rings. The van der Waals surface area contributed by atoms with Crippen LogP contribution in [0.2, 0.25) is 0 Å². The van der Waals surface area contributed by atoms with Crippen LogP contribution in [0.5, 0.6) is 0 Å². The lowest BCUT2D eigenvalue weighted by Crippen LogP contribution is -2.37. The van der Waals surface area contributed by atoms with Gasteiger partial charge in [-0.25, -0.2) is 13.1 Å². The van der Waals surface area contributed by atoms with Gasteiger partial charge in [-0.3, -0.25) is 4.79 Å². The zero-order chi connectivity index (χ0) is 20.2. The molecule has 0 saturated heterocycles. The second-order valence-corrected chi connectivity index (χ2v) is 8.70. The van der Waals surface area contributed by atoms with E-state index >= 15 is 0 Å². The molecular formula is C21H28N2O3S. The third kappa shape index (κ3) is 5.40. The molecule has 0 aliphatic heterocycles. The van der Waals surface area contributed by atoms with Crippen LogP contribution in [0.25, 0.3) is 0 Å². The fourth-order valence-corrected chi connectivity index (χ4v) is 4.79. The number of benzene rings is 2. The van der Waals surface area contributed by atoms with Gasteiger partial charge in [0.05, 0.1) is 4.90 Å². The first-order chi connectivity index (χ1) is 12.6. The molecule has 1 N–H and O–H groups in total. The summed E-state index contributed by atoms with van der Waals surface area (Å²) in [4.78, 5) is 14.0. The molecule has 0 fully saturated rings. The summed E-state index contributed by atoms with van der Waals surface area (Å²) in [5.41, 5.74) is 4.65. The third-order valence-corrected chi connectivity index (χ3v) is 6.38. The molecule has 0 bridgehead atoms. The van der Waals surface area contributed by atoms with Gasteiger partial charge in [0, 0.05) is 26.6 Å². The van der Waals surface area contributed by atoms with Gasteiger partial charge in [-0.2, -0.15) is 0 Å². The summed E-state index contributed by atoms with van der Waals surface area (Å²) in [5, 5.41) is 0. The lowest BCUT2D eigenvalue weighted by molar-refractivity contribution is -0.129. The molecule has 0 radical (unpaired) electrons. The molecule has 0 aliphatic carbocycles. The SMILES string of the molecule is CC(=O)N(CCNS(=O)(=O)c1c(C)cc(C)cc1C)Cc1ccccc1C. The van der Waals surface area contributed by atoms with E-state index in [4.69, 9.17) is 0 Å². The van der Waals surface area contributed by atoms with Crippen molar-refractivity contribution in [3.63, 3.8) is 0 Å². The molecule has 2 aromatic carbocycles. The smallest absolute Gasteiger partial charge is 0.241 e. The van der Waals surface area contributed by atoms with Crippen molar-refractivity contribution >= 4 is 15.9 Å². The maximum absolute atomic E-state index is 12.7. The van der Waals surface area contributed by atoms with Gasteiger partial charge in [0.1, 0.15) is 0 Å². The Morgan fingerprint density at radius 1 is 1.00 bits per heavy atom. The average Bonchev–Trinajstić information content (AvgIpc) is 2.54. The van der Waals surface area contributed by atoms with E-state index in [9.17, 15) is 13.2 Å². The first-order valence-electron chi connectivity index (χ1n) is 8.99. The van der Waals surface area contributed by atoms with Crippen molar-refractivity contribution in [2.45, 2.75) is 46.1 Å². The highest BCUT2D eigenvalue weighted by atomic mass is 32.2. The molecule has 146 valence electrons. The summed E-state index contributed by atoms with van der Waals surface area (Å²) in [5.74, 6) is -0.0832. The van der Waals surface area contributed by atoms with Crippen LogP contribution in [0.15, 0.2) is 41.3 Å². The molecule has 2 aromatic rings. The van der Waals surface area contributed by atoms with Crippen LogP contribution in [-0.2, 0) is 21.4 Å². The van der Waals surface area contributed by atoms with E-state index < -0.39 is 10.0 Å². The Balaban J connectivity index is 2.08. The maximum atomic E-state index is 12.7. The topological polar surface area (TPSA) is 66.5 Å². The van der Waals surface area contributed by atoms with E-state index in [-0.39, 0.29) is 12.5 Å². The van der Waals surface area contributed by atoms with Crippen LogP contribution >= 0.6 is 0 Å². The van der Waals surface area contributed by atoms with Gasteiger partial charge >= 0.3 is 0 Å². The van der Waals surface area contributed by atoms with Crippen molar-refractivity contribution in [3.8, 4) is 0 Å². The number of sulfonamides is 1. The lowest BCUT2D eigenvalue weighted by Gasteiger charge is -2.22. The lowest BCUT2D eigenvalue weighted by atomic mass is 10.1. The Morgan fingerprint density at radius 3 is 2.15 bits per heavy atom. The summed E-state index contributed by atoms with van der Waals surface area (Å²) in [7, 11) is -3.63. The molecule has 0 aromatic heterocycles. The molecule has 0 heterocycles. The first-order valence-corrected chi connectivity index (χ1v) is 10.5. The molecule has 2 rings (SSSR count). The van der Waals surface area contributed by atoms with E-state index in [0.717, 1.165) is 27.8 Å². The average molecular weight is 389 g/mol. The largest absolute Gasteiger partial charge is 0.337 e. The van der Waals surface area contributed by atoms with E-state index in [1.807, 2.05) is 50.2 Å².